The molecule has 0 nitrogen and oxygen atoms in total. The summed E-state index contributed by atoms with van der Waals surface area (Å²) in [6, 6.07) is 0. The first-order chi connectivity index (χ1) is 6.20. The van der Waals surface area contributed by atoms with Gasteiger partial charge in [0.05, 0.1) is 0 Å². The van der Waals surface area contributed by atoms with Crippen molar-refractivity contribution in [1.29, 1.82) is 0 Å². The van der Waals surface area contributed by atoms with Gasteiger partial charge in [-0.1, -0.05) is 36.7 Å². The number of alkyl halides is 1. The molecule has 0 heterocycles. The van der Waals surface area contributed by atoms with E-state index in [2.05, 4.69) is 48.5 Å². The van der Waals surface area contributed by atoms with Gasteiger partial charge in [-0.25, -0.2) is 0 Å². The molecule has 2 heteroatoms. The minimum absolute atomic E-state index is 0.848. The third-order valence-corrected chi connectivity index (χ3v) is 4.03. The zero-order valence-electron chi connectivity index (χ0n) is 9.18. The fraction of sp³-hybridized carbons (Fsp3) is 1.00. The average Bonchev–Trinajstić information content (AvgIpc) is 2.09. The molecule has 0 aliphatic heterocycles. The number of rotatable bonds is 8. The van der Waals surface area contributed by atoms with Gasteiger partial charge in [-0.2, -0.15) is 11.8 Å². The molecule has 80 valence electrons. The summed E-state index contributed by atoms with van der Waals surface area (Å²) in [4.78, 5) is 0. The van der Waals surface area contributed by atoms with Gasteiger partial charge in [0.15, 0.2) is 0 Å². The highest BCUT2D eigenvalue weighted by molar-refractivity contribution is 9.09. The Morgan fingerprint density at radius 3 is 2.46 bits per heavy atom. The monoisotopic (exact) mass is 266 g/mol. The normalized spacial score (nSPS) is 13.6. The van der Waals surface area contributed by atoms with Crippen LogP contribution in [-0.2, 0) is 0 Å². The molecule has 1 atom stereocenters. The standard InChI is InChI=1S/C11H23BrS/c1-4-13-7-5-6-11(9-12)8-10(2)3/h10-11H,4-9H2,1-3H3. The second-order valence-corrected chi connectivity index (χ2v) is 6.03. The van der Waals surface area contributed by atoms with Crippen molar-refractivity contribution in [1.82, 2.24) is 0 Å². The predicted octanol–water partition coefficient (Wildman–Crippen LogP) is 4.58. The van der Waals surface area contributed by atoms with E-state index in [-0.39, 0.29) is 0 Å². The molecule has 0 fully saturated rings. The van der Waals surface area contributed by atoms with E-state index in [4.69, 9.17) is 0 Å². The zero-order chi connectivity index (χ0) is 10.1. The van der Waals surface area contributed by atoms with Crippen LogP contribution in [0.2, 0.25) is 0 Å². The van der Waals surface area contributed by atoms with Crippen LogP contribution in [-0.4, -0.2) is 16.8 Å². The molecule has 0 spiro atoms. The molecule has 0 radical (unpaired) electrons. The van der Waals surface area contributed by atoms with Crippen molar-refractivity contribution in [3.05, 3.63) is 0 Å². The van der Waals surface area contributed by atoms with Crippen molar-refractivity contribution in [2.75, 3.05) is 16.8 Å². The summed E-state index contributed by atoms with van der Waals surface area (Å²) in [5.41, 5.74) is 0. The summed E-state index contributed by atoms with van der Waals surface area (Å²) in [7, 11) is 0. The van der Waals surface area contributed by atoms with E-state index in [1.807, 2.05) is 0 Å². The Labute approximate surface area is 96.4 Å². The van der Waals surface area contributed by atoms with Crippen molar-refractivity contribution >= 4 is 27.7 Å². The van der Waals surface area contributed by atoms with Crippen molar-refractivity contribution in [3.63, 3.8) is 0 Å². The topological polar surface area (TPSA) is 0 Å². The maximum Gasteiger partial charge on any atom is 0.00597 e. The van der Waals surface area contributed by atoms with E-state index in [1.54, 1.807) is 0 Å². The fourth-order valence-electron chi connectivity index (χ4n) is 1.54. The number of thioether (sulfide) groups is 1. The van der Waals surface area contributed by atoms with Crippen LogP contribution in [0.3, 0.4) is 0 Å². The molecule has 13 heavy (non-hydrogen) atoms. The lowest BCUT2D eigenvalue weighted by molar-refractivity contribution is 0.421. The molecule has 0 aromatic rings. The third kappa shape index (κ3) is 9.14. The minimum atomic E-state index is 0.848. The second-order valence-electron chi connectivity index (χ2n) is 3.99. The summed E-state index contributed by atoms with van der Waals surface area (Å²) >= 11 is 5.67. The lowest BCUT2D eigenvalue weighted by Gasteiger charge is -2.15. The van der Waals surface area contributed by atoms with Crippen LogP contribution in [0.5, 0.6) is 0 Å². The van der Waals surface area contributed by atoms with Crippen LogP contribution >= 0.6 is 27.7 Å². The Kier molecular flexibility index (Phi) is 9.99. The van der Waals surface area contributed by atoms with Gasteiger partial charge in [-0.05, 0) is 42.6 Å². The molecule has 0 aliphatic rings. The predicted molar refractivity (Wildman–Crippen MR) is 69.0 cm³/mol. The van der Waals surface area contributed by atoms with Crippen LogP contribution in [0.15, 0.2) is 0 Å². The minimum Gasteiger partial charge on any atom is -0.162 e. The van der Waals surface area contributed by atoms with E-state index in [9.17, 15) is 0 Å². The number of hydrogen-bond donors (Lipinski definition) is 0. The van der Waals surface area contributed by atoms with Gasteiger partial charge in [-0.15, -0.1) is 0 Å². The molecule has 0 amide bonds. The smallest absolute Gasteiger partial charge is 0.00597 e. The molecule has 0 bridgehead atoms. The Morgan fingerprint density at radius 2 is 2.00 bits per heavy atom. The largest absolute Gasteiger partial charge is 0.162 e. The number of halogens is 1. The maximum atomic E-state index is 3.61. The van der Waals surface area contributed by atoms with Gasteiger partial charge in [-0.3, -0.25) is 0 Å². The molecule has 0 N–H and O–H groups in total. The zero-order valence-corrected chi connectivity index (χ0v) is 11.6. The lowest BCUT2D eigenvalue weighted by atomic mass is 9.95. The number of hydrogen-bond acceptors (Lipinski definition) is 1. The first-order valence-electron chi connectivity index (χ1n) is 5.34. The Hall–Kier alpha value is 0.830. The maximum absolute atomic E-state index is 3.61. The molecule has 0 rings (SSSR count). The van der Waals surface area contributed by atoms with E-state index in [1.165, 1.54) is 36.1 Å². The van der Waals surface area contributed by atoms with Gasteiger partial charge < -0.3 is 0 Å². The molecule has 0 saturated carbocycles. The highest BCUT2D eigenvalue weighted by Gasteiger charge is 2.08. The van der Waals surface area contributed by atoms with Crippen molar-refractivity contribution in [2.24, 2.45) is 11.8 Å². The van der Waals surface area contributed by atoms with Gasteiger partial charge in [0, 0.05) is 5.33 Å². The van der Waals surface area contributed by atoms with Gasteiger partial charge in [0.1, 0.15) is 0 Å². The lowest BCUT2D eigenvalue weighted by Crippen LogP contribution is -2.06. The van der Waals surface area contributed by atoms with Gasteiger partial charge in [0.25, 0.3) is 0 Å². The first kappa shape index (κ1) is 13.8. The highest BCUT2D eigenvalue weighted by Crippen LogP contribution is 2.20. The third-order valence-electron chi connectivity index (χ3n) is 2.13. The van der Waals surface area contributed by atoms with Crippen LogP contribution in [0, 0.1) is 11.8 Å². The Balaban J connectivity index is 3.36. The highest BCUT2D eigenvalue weighted by atomic mass is 79.9. The van der Waals surface area contributed by atoms with Crippen molar-refractivity contribution in [3.8, 4) is 0 Å². The molecule has 0 aromatic heterocycles. The van der Waals surface area contributed by atoms with Gasteiger partial charge >= 0.3 is 0 Å². The Bertz CT molecular complexity index is 104. The summed E-state index contributed by atoms with van der Waals surface area (Å²) in [6.07, 6.45) is 4.17. The van der Waals surface area contributed by atoms with Crippen LogP contribution in [0.25, 0.3) is 0 Å². The van der Waals surface area contributed by atoms with Gasteiger partial charge in [0.2, 0.25) is 0 Å². The van der Waals surface area contributed by atoms with Crippen LogP contribution in [0.1, 0.15) is 40.0 Å². The first-order valence-corrected chi connectivity index (χ1v) is 7.62. The molecule has 0 aromatic carbocycles. The SMILES string of the molecule is CCSCCCC(CBr)CC(C)C. The van der Waals surface area contributed by atoms with Crippen molar-refractivity contribution in [2.45, 2.75) is 40.0 Å². The molecular formula is C11H23BrS. The molecule has 1 unspecified atom stereocenters. The summed E-state index contributed by atoms with van der Waals surface area (Å²) in [5, 5.41) is 1.18. The quantitative estimate of drug-likeness (QED) is 0.458. The second kappa shape index (κ2) is 9.39. The van der Waals surface area contributed by atoms with Crippen molar-refractivity contribution < 1.29 is 0 Å². The van der Waals surface area contributed by atoms with Crippen LogP contribution in [0.4, 0.5) is 0 Å². The summed E-state index contributed by atoms with van der Waals surface area (Å²) < 4.78 is 0. The molecule has 0 saturated heterocycles. The fourth-order valence-corrected chi connectivity index (χ4v) is 2.79. The van der Waals surface area contributed by atoms with E-state index < -0.39 is 0 Å². The molecule has 0 aliphatic carbocycles. The van der Waals surface area contributed by atoms with E-state index in [0.29, 0.717) is 0 Å². The molecular weight excluding hydrogens is 244 g/mol. The van der Waals surface area contributed by atoms with E-state index >= 15 is 0 Å². The average molecular weight is 267 g/mol. The van der Waals surface area contributed by atoms with E-state index in [0.717, 1.165) is 11.8 Å². The summed E-state index contributed by atoms with van der Waals surface area (Å²) in [5.74, 6) is 4.36. The summed E-state index contributed by atoms with van der Waals surface area (Å²) in [6.45, 7) is 6.87. The Morgan fingerprint density at radius 1 is 1.31 bits per heavy atom. The van der Waals surface area contributed by atoms with Crippen LogP contribution < -0.4 is 0 Å².